The summed E-state index contributed by atoms with van der Waals surface area (Å²) in [7, 11) is -3.19. The summed E-state index contributed by atoms with van der Waals surface area (Å²) in [5.74, 6) is -1.09. The van der Waals surface area contributed by atoms with Crippen LogP contribution in [0.15, 0.2) is 30.5 Å². The van der Waals surface area contributed by atoms with E-state index in [0.29, 0.717) is 0 Å². The lowest BCUT2D eigenvalue weighted by Gasteiger charge is -2.20. The molecule has 108 valence electrons. The van der Waals surface area contributed by atoms with Crippen LogP contribution in [0.5, 0.6) is 0 Å². The van der Waals surface area contributed by atoms with E-state index in [0.717, 1.165) is 16.5 Å². The molecule has 5 nitrogen and oxygen atoms in total. The molecule has 6 heteroatoms. The minimum absolute atomic E-state index is 0.188. The van der Waals surface area contributed by atoms with Crippen molar-refractivity contribution in [3.05, 3.63) is 36.0 Å². The van der Waals surface area contributed by atoms with Crippen LogP contribution in [-0.4, -0.2) is 35.0 Å². The van der Waals surface area contributed by atoms with E-state index in [4.69, 9.17) is 4.52 Å². The molecule has 2 atom stereocenters. The molecule has 0 bridgehead atoms. The molecule has 2 N–H and O–H groups in total. The molecule has 0 amide bonds. The largest absolute Gasteiger partial charge is 0.481 e. The summed E-state index contributed by atoms with van der Waals surface area (Å²) in [6, 6.07) is 7.63. The zero-order chi connectivity index (χ0) is 14.8. The molecule has 0 saturated heterocycles. The second-order valence-corrected chi connectivity index (χ2v) is 7.44. The first-order chi connectivity index (χ1) is 9.45. The van der Waals surface area contributed by atoms with Crippen molar-refractivity contribution < 1.29 is 19.0 Å². The Kier molecular flexibility index (Phi) is 4.31. The van der Waals surface area contributed by atoms with Gasteiger partial charge in [0.05, 0.1) is 6.61 Å². The van der Waals surface area contributed by atoms with Gasteiger partial charge in [-0.2, -0.15) is 0 Å². The van der Waals surface area contributed by atoms with Crippen molar-refractivity contribution in [1.29, 1.82) is 0 Å². The standard InChI is InChI=1S/C14H18NO4P/c1-3-19-20(2,18)13(14(16)17)8-10-9-15-12-7-5-4-6-11(10)12/h4-7,9,13,15H,3,8H2,1-2H3,(H,16,17)/t13-,20-/m0/s1. The third-order valence-corrected chi connectivity index (χ3v) is 5.63. The van der Waals surface area contributed by atoms with Gasteiger partial charge in [-0.1, -0.05) is 18.2 Å². The van der Waals surface area contributed by atoms with Crippen molar-refractivity contribution in [2.24, 2.45) is 0 Å². The summed E-state index contributed by atoms with van der Waals surface area (Å²) in [5, 5.41) is 10.3. The highest BCUT2D eigenvalue weighted by atomic mass is 31.2. The fourth-order valence-corrected chi connectivity index (χ4v) is 3.93. The molecule has 0 aliphatic rings. The predicted octanol–water partition coefficient (Wildman–Crippen LogP) is 3.11. The number of carbonyl (C=O) groups is 1. The first kappa shape index (κ1) is 14.8. The van der Waals surface area contributed by atoms with E-state index in [1.54, 1.807) is 13.1 Å². The maximum atomic E-state index is 12.4. The second kappa shape index (κ2) is 5.81. The summed E-state index contributed by atoms with van der Waals surface area (Å²) < 4.78 is 17.6. The van der Waals surface area contributed by atoms with E-state index >= 15 is 0 Å². The summed E-state index contributed by atoms with van der Waals surface area (Å²) in [5.41, 5.74) is 0.755. The number of aromatic nitrogens is 1. The maximum Gasteiger partial charge on any atom is 0.316 e. The minimum atomic E-state index is -3.19. The molecular weight excluding hydrogens is 277 g/mol. The van der Waals surface area contributed by atoms with E-state index < -0.39 is 19.0 Å². The molecular formula is C14H18NO4P. The highest BCUT2D eigenvalue weighted by Gasteiger charge is 2.35. The van der Waals surface area contributed by atoms with Crippen LogP contribution in [0.2, 0.25) is 0 Å². The van der Waals surface area contributed by atoms with Crippen molar-refractivity contribution >= 4 is 24.2 Å². The second-order valence-electron chi connectivity index (χ2n) is 4.74. The van der Waals surface area contributed by atoms with Gasteiger partial charge in [-0.25, -0.2) is 0 Å². The predicted molar refractivity (Wildman–Crippen MR) is 78.6 cm³/mol. The van der Waals surface area contributed by atoms with Crippen molar-refractivity contribution in [2.45, 2.75) is 19.0 Å². The number of fused-ring (bicyclic) bond motifs is 1. The molecule has 1 heterocycles. The molecule has 2 rings (SSSR count). The number of aromatic amines is 1. The van der Waals surface area contributed by atoms with Gasteiger partial charge in [0.2, 0.25) is 7.37 Å². The summed E-state index contributed by atoms with van der Waals surface area (Å²) in [6.07, 6.45) is 1.96. The van der Waals surface area contributed by atoms with E-state index in [1.165, 1.54) is 6.66 Å². The number of nitrogens with one attached hydrogen (secondary N) is 1. The summed E-state index contributed by atoms with van der Waals surface area (Å²) in [4.78, 5) is 14.5. The lowest BCUT2D eigenvalue weighted by molar-refractivity contribution is -0.136. The number of carboxylic acids is 1. The Bertz CT molecular complexity index is 664. The molecule has 2 aromatic rings. The van der Waals surface area contributed by atoms with Gasteiger partial charge in [0.1, 0.15) is 5.66 Å². The lowest BCUT2D eigenvalue weighted by Crippen LogP contribution is -2.24. The minimum Gasteiger partial charge on any atom is -0.481 e. The smallest absolute Gasteiger partial charge is 0.316 e. The molecule has 0 aliphatic carbocycles. The van der Waals surface area contributed by atoms with Gasteiger partial charge in [-0.3, -0.25) is 9.36 Å². The molecule has 1 aromatic heterocycles. The SMILES string of the molecule is CCO[P@](C)(=O)[C@@H](Cc1c[nH]c2ccccc12)C(=O)O. The maximum absolute atomic E-state index is 12.4. The van der Waals surface area contributed by atoms with E-state index in [9.17, 15) is 14.5 Å². The number of H-pyrrole nitrogens is 1. The number of aliphatic carboxylic acids is 1. The summed E-state index contributed by atoms with van der Waals surface area (Å²) >= 11 is 0. The summed E-state index contributed by atoms with van der Waals surface area (Å²) in [6.45, 7) is 3.34. The number of carboxylic acid groups (broad SMARTS) is 1. The van der Waals surface area contributed by atoms with E-state index in [1.807, 2.05) is 24.3 Å². The molecule has 0 unspecified atom stereocenters. The van der Waals surface area contributed by atoms with Crippen molar-refractivity contribution in [3.8, 4) is 0 Å². The average molecular weight is 295 g/mol. The topological polar surface area (TPSA) is 79.4 Å². The van der Waals surface area contributed by atoms with Gasteiger partial charge in [-0.05, 0) is 25.0 Å². The first-order valence-electron chi connectivity index (χ1n) is 6.45. The number of para-hydroxylation sites is 1. The van der Waals surface area contributed by atoms with Crippen LogP contribution in [0.25, 0.3) is 10.9 Å². The Balaban J connectivity index is 2.34. The Morgan fingerprint density at radius 2 is 2.15 bits per heavy atom. The number of hydrogen-bond acceptors (Lipinski definition) is 3. The average Bonchev–Trinajstić information content (AvgIpc) is 2.78. The lowest BCUT2D eigenvalue weighted by atomic mass is 10.1. The van der Waals surface area contributed by atoms with Crippen LogP contribution in [0.3, 0.4) is 0 Å². The van der Waals surface area contributed by atoms with Crippen LogP contribution >= 0.6 is 7.37 Å². The van der Waals surface area contributed by atoms with E-state index in [-0.39, 0.29) is 13.0 Å². The van der Waals surface area contributed by atoms with Gasteiger partial charge in [-0.15, -0.1) is 0 Å². The van der Waals surface area contributed by atoms with Crippen LogP contribution in [0.4, 0.5) is 0 Å². The fourth-order valence-electron chi connectivity index (χ4n) is 2.31. The molecule has 0 aliphatic heterocycles. The zero-order valence-corrected chi connectivity index (χ0v) is 12.4. The molecule has 0 spiro atoms. The van der Waals surface area contributed by atoms with Gasteiger partial charge in [0, 0.05) is 23.8 Å². The Morgan fingerprint density at radius 3 is 2.80 bits per heavy atom. The quantitative estimate of drug-likeness (QED) is 0.802. The van der Waals surface area contributed by atoms with Crippen molar-refractivity contribution in [3.63, 3.8) is 0 Å². The van der Waals surface area contributed by atoms with Gasteiger partial charge >= 0.3 is 5.97 Å². The van der Waals surface area contributed by atoms with Crippen molar-refractivity contribution in [1.82, 2.24) is 4.98 Å². The first-order valence-corrected chi connectivity index (χ1v) is 8.59. The zero-order valence-electron chi connectivity index (χ0n) is 11.5. The normalized spacial score (nSPS) is 15.9. The third kappa shape index (κ3) is 2.94. The van der Waals surface area contributed by atoms with Crippen molar-refractivity contribution in [2.75, 3.05) is 13.3 Å². The Labute approximate surface area is 117 Å². The molecule has 20 heavy (non-hydrogen) atoms. The fraction of sp³-hybridized carbons (Fsp3) is 0.357. The Hall–Kier alpha value is -1.58. The molecule has 1 aromatic carbocycles. The van der Waals surface area contributed by atoms with Crippen LogP contribution in [0, 0.1) is 0 Å². The number of benzene rings is 1. The Morgan fingerprint density at radius 1 is 1.45 bits per heavy atom. The number of rotatable bonds is 6. The highest BCUT2D eigenvalue weighted by molar-refractivity contribution is 7.59. The third-order valence-electron chi connectivity index (χ3n) is 3.32. The van der Waals surface area contributed by atoms with Gasteiger partial charge in [0.25, 0.3) is 0 Å². The van der Waals surface area contributed by atoms with Crippen LogP contribution in [-0.2, 0) is 20.3 Å². The van der Waals surface area contributed by atoms with Crippen LogP contribution < -0.4 is 0 Å². The van der Waals surface area contributed by atoms with E-state index in [2.05, 4.69) is 4.98 Å². The van der Waals surface area contributed by atoms with Gasteiger partial charge in [0.15, 0.2) is 0 Å². The van der Waals surface area contributed by atoms with Gasteiger partial charge < -0.3 is 14.6 Å². The highest BCUT2D eigenvalue weighted by Crippen LogP contribution is 2.49. The number of hydrogen-bond donors (Lipinski definition) is 2. The monoisotopic (exact) mass is 295 g/mol. The molecule has 0 radical (unpaired) electrons. The van der Waals surface area contributed by atoms with Crippen LogP contribution in [0.1, 0.15) is 12.5 Å². The molecule has 0 fully saturated rings. The molecule has 0 saturated carbocycles.